The summed E-state index contributed by atoms with van der Waals surface area (Å²) in [6.07, 6.45) is 0. The summed E-state index contributed by atoms with van der Waals surface area (Å²) in [4.78, 5) is 0. The Labute approximate surface area is 194 Å². The zero-order chi connectivity index (χ0) is 19.5. The molecule has 0 N–H and O–H groups in total. The minimum Gasteiger partial charge on any atom is -0.168 e. The summed E-state index contributed by atoms with van der Waals surface area (Å²) in [7, 11) is 0.754. The average Bonchev–Trinajstić information content (AvgIpc) is 3.36. The first-order valence-corrected chi connectivity index (χ1v) is 10.7. The molecule has 0 radical (unpaired) electrons. The van der Waals surface area contributed by atoms with Crippen LogP contribution in [0.25, 0.3) is 21.5 Å². The normalized spacial score (nSPS) is 10.9. The molecule has 0 spiro atoms. The molecular formula is C27H25HfP+2. The Hall–Kier alpha value is -1.82. The second-order valence-corrected chi connectivity index (χ2v) is 8.65. The second kappa shape index (κ2) is 9.79. The van der Waals surface area contributed by atoms with E-state index in [9.17, 15) is 0 Å². The first kappa shape index (κ1) is 21.9. The van der Waals surface area contributed by atoms with Gasteiger partial charge in [-0.25, -0.2) is 0 Å². The molecule has 0 bridgehead atoms. The Morgan fingerprint density at radius 2 is 1.45 bits per heavy atom. The van der Waals surface area contributed by atoms with E-state index in [1.165, 1.54) is 48.8 Å². The van der Waals surface area contributed by atoms with Crippen molar-refractivity contribution in [3.63, 3.8) is 0 Å². The van der Waals surface area contributed by atoms with Crippen molar-refractivity contribution in [2.75, 3.05) is 0 Å². The molecule has 2 heteroatoms. The van der Waals surface area contributed by atoms with Crippen molar-refractivity contribution < 1.29 is 25.8 Å². The molecule has 0 aliphatic heterocycles. The molecule has 0 aromatic heterocycles. The van der Waals surface area contributed by atoms with Gasteiger partial charge in [0.05, 0.1) is 0 Å². The molecule has 5 aromatic carbocycles. The number of benzene rings is 3. The van der Waals surface area contributed by atoms with Crippen molar-refractivity contribution in [1.82, 2.24) is 0 Å². The van der Waals surface area contributed by atoms with E-state index < -0.39 is 0 Å². The average molecular weight is 559 g/mol. The van der Waals surface area contributed by atoms with Gasteiger partial charge in [0, 0.05) is 0 Å². The molecule has 0 heterocycles. The number of rotatable bonds is 2. The smallest absolute Gasteiger partial charge is 0.168 e. The van der Waals surface area contributed by atoms with Gasteiger partial charge in [0.2, 0.25) is 0 Å². The van der Waals surface area contributed by atoms with Crippen molar-refractivity contribution in [1.29, 1.82) is 0 Å². The van der Waals surface area contributed by atoms with Crippen molar-refractivity contribution >= 4 is 40.7 Å². The van der Waals surface area contributed by atoms with E-state index in [2.05, 4.69) is 112 Å². The SMILES string of the molecule is Cc1ccc(C)c2[cH-]ccc12.Cc1ccccc1P[c-]1ccc2ccccc21.[Hf+4]. The van der Waals surface area contributed by atoms with Crippen molar-refractivity contribution in [2.24, 2.45) is 0 Å². The quantitative estimate of drug-likeness (QED) is 0.129. The maximum Gasteiger partial charge on any atom is 4.00 e. The van der Waals surface area contributed by atoms with Gasteiger partial charge in [-0.3, -0.25) is 0 Å². The van der Waals surface area contributed by atoms with Gasteiger partial charge in [0.25, 0.3) is 0 Å². The molecular weight excluding hydrogens is 534 g/mol. The molecule has 1 unspecified atom stereocenters. The van der Waals surface area contributed by atoms with E-state index in [0.717, 1.165) is 8.58 Å². The van der Waals surface area contributed by atoms with Crippen LogP contribution < -0.4 is 10.6 Å². The van der Waals surface area contributed by atoms with E-state index >= 15 is 0 Å². The molecule has 5 rings (SSSR count). The molecule has 0 amide bonds. The third-order valence-corrected chi connectivity index (χ3v) is 6.88. The first-order valence-electron chi connectivity index (χ1n) is 9.72. The Bertz CT molecular complexity index is 1190. The Morgan fingerprint density at radius 3 is 2.24 bits per heavy atom. The summed E-state index contributed by atoms with van der Waals surface area (Å²) < 4.78 is 0. The predicted molar refractivity (Wildman–Crippen MR) is 127 cm³/mol. The minimum absolute atomic E-state index is 0. The second-order valence-electron chi connectivity index (χ2n) is 7.33. The largest absolute Gasteiger partial charge is 4.00 e. The molecule has 1 atom stereocenters. The van der Waals surface area contributed by atoms with E-state index in [-0.39, 0.29) is 25.8 Å². The monoisotopic (exact) mass is 560 g/mol. The van der Waals surface area contributed by atoms with Gasteiger partial charge >= 0.3 is 25.8 Å². The Kier molecular flexibility index (Phi) is 7.38. The van der Waals surface area contributed by atoms with Crippen molar-refractivity contribution in [2.45, 2.75) is 20.8 Å². The van der Waals surface area contributed by atoms with Crippen LogP contribution in [-0.2, 0) is 25.8 Å². The van der Waals surface area contributed by atoms with Crippen LogP contribution in [0.1, 0.15) is 16.7 Å². The summed E-state index contributed by atoms with van der Waals surface area (Å²) in [5, 5.41) is 8.44. The van der Waals surface area contributed by atoms with Gasteiger partial charge in [-0.2, -0.15) is 18.2 Å². The number of hydrogen-bond acceptors (Lipinski definition) is 0. The Balaban J connectivity index is 0.000000174. The van der Waals surface area contributed by atoms with Gasteiger partial charge in [0.15, 0.2) is 0 Å². The molecule has 0 saturated heterocycles. The maximum absolute atomic E-state index is 2.26. The summed E-state index contributed by atoms with van der Waals surface area (Å²) in [6, 6.07) is 32.6. The fourth-order valence-electron chi connectivity index (χ4n) is 3.66. The number of fused-ring (bicyclic) bond motifs is 2. The van der Waals surface area contributed by atoms with E-state index in [0.29, 0.717) is 0 Å². The third kappa shape index (κ3) is 4.85. The van der Waals surface area contributed by atoms with Crippen LogP contribution in [0.2, 0.25) is 0 Å². The van der Waals surface area contributed by atoms with Crippen LogP contribution in [0.4, 0.5) is 0 Å². The number of aryl methyl sites for hydroxylation is 3. The fraction of sp³-hybridized carbons (Fsp3) is 0.111. The molecule has 0 aliphatic carbocycles. The van der Waals surface area contributed by atoms with Gasteiger partial charge in [-0.1, -0.05) is 48.9 Å². The molecule has 0 fully saturated rings. The zero-order valence-corrected chi connectivity index (χ0v) is 21.8. The molecule has 140 valence electrons. The van der Waals surface area contributed by atoms with Crippen molar-refractivity contribution in [3.8, 4) is 0 Å². The van der Waals surface area contributed by atoms with Crippen molar-refractivity contribution in [3.05, 3.63) is 108 Å². The Morgan fingerprint density at radius 1 is 0.724 bits per heavy atom. The van der Waals surface area contributed by atoms with Gasteiger partial charge in [-0.15, -0.1) is 77.4 Å². The van der Waals surface area contributed by atoms with Crippen LogP contribution >= 0.6 is 8.58 Å². The minimum atomic E-state index is 0. The van der Waals surface area contributed by atoms with Crippen LogP contribution in [0, 0.1) is 20.8 Å². The molecule has 0 aliphatic rings. The van der Waals surface area contributed by atoms with E-state index in [1.54, 1.807) is 0 Å². The van der Waals surface area contributed by atoms with Gasteiger partial charge in [-0.05, 0) is 24.7 Å². The van der Waals surface area contributed by atoms with Crippen LogP contribution in [0.5, 0.6) is 0 Å². The topological polar surface area (TPSA) is 0 Å². The van der Waals surface area contributed by atoms with E-state index in [4.69, 9.17) is 0 Å². The summed E-state index contributed by atoms with van der Waals surface area (Å²) >= 11 is 0. The summed E-state index contributed by atoms with van der Waals surface area (Å²) in [6.45, 7) is 6.50. The van der Waals surface area contributed by atoms with E-state index in [1.807, 2.05) is 0 Å². The molecule has 5 aromatic rings. The molecule has 0 nitrogen and oxygen atoms in total. The van der Waals surface area contributed by atoms with Crippen LogP contribution in [0.15, 0.2) is 91.0 Å². The number of hydrogen-bond donors (Lipinski definition) is 0. The summed E-state index contributed by atoms with van der Waals surface area (Å²) in [5.41, 5.74) is 4.13. The van der Waals surface area contributed by atoms with Crippen LogP contribution in [-0.4, -0.2) is 0 Å². The fourth-order valence-corrected chi connectivity index (χ4v) is 4.93. The van der Waals surface area contributed by atoms with Gasteiger partial charge < -0.3 is 0 Å². The molecule has 29 heavy (non-hydrogen) atoms. The molecule has 0 saturated carbocycles. The first-order chi connectivity index (χ1) is 13.6. The third-order valence-electron chi connectivity index (χ3n) is 5.34. The van der Waals surface area contributed by atoms with Crippen LogP contribution in [0.3, 0.4) is 0 Å². The maximum atomic E-state index is 2.26. The summed E-state index contributed by atoms with van der Waals surface area (Å²) in [5.74, 6) is 0. The standard InChI is InChI=1S/C16H14P.C11H11.Hf/c1-12-6-2-5-9-15(12)17-16-11-10-13-7-3-4-8-14(13)16;1-8-6-7-9(2)11-5-3-4-10(8)11;/h2-11,17H,1H3;3-7H,1-2H3;/q2*-1;+4. The predicted octanol–water partition coefficient (Wildman–Crippen LogP) is 6.67. The van der Waals surface area contributed by atoms with Gasteiger partial charge in [0.1, 0.15) is 0 Å². The zero-order valence-electron chi connectivity index (χ0n) is 17.2.